The van der Waals surface area contributed by atoms with Gasteiger partial charge in [-0.2, -0.15) is 9.98 Å². The lowest BCUT2D eigenvalue weighted by Crippen LogP contribution is -2.32. The van der Waals surface area contributed by atoms with Crippen molar-refractivity contribution < 1.29 is 63.4 Å². The fourth-order valence-electron chi connectivity index (χ4n) is 9.98. The number of halogens is 6. The van der Waals surface area contributed by atoms with Crippen molar-refractivity contribution in [1.29, 1.82) is 0 Å². The van der Waals surface area contributed by atoms with Crippen molar-refractivity contribution in [2.75, 3.05) is 40.7 Å². The number of aromatic nitrogens is 6. The second-order valence-electron chi connectivity index (χ2n) is 23.3. The van der Waals surface area contributed by atoms with E-state index >= 15 is 0 Å². The summed E-state index contributed by atoms with van der Waals surface area (Å²) in [5.41, 5.74) is 11.1. The lowest BCUT2D eigenvalue weighted by Gasteiger charge is -2.22. The van der Waals surface area contributed by atoms with Gasteiger partial charge in [0, 0.05) is 30.5 Å². The fraction of sp³-hybridized carbons (Fsp3) is 0.257. The molecule has 0 spiro atoms. The van der Waals surface area contributed by atoms with Gasteiger partial charge in [-0.25, -0.2) is 37.3 Å². The van der Waals surface area contributed by atoms with E-state index < -0.39 is 34.6 Å². The topological polar surface area (TPSA) is 238 Å². The molecule has 0 radical (unpaired) electrons. The summed E-state index contributed by atoms with van der Waals surface area (Å²) in [4.78, 5) is 71.3. The van der Waals surface area contributed by atoms with Crippen LogP contribution in [0.3, 0.4) is 0 Å². The number of ether oxygens (including phenoxy) is 2. The van der Waals surface area contributed by atoms with Gasteiger partial charge in [0.05, 0.1) is 39.2 Å². The van der Waals surface area contributed by atoms with E-state index in [0.29, 0.717) is 64.2 Å². The van der Waals surface area contributed by atoms with Gasteiger partial charge in [0.15, 0.2) is 31.8 Å². The Labute approximate surface area is 575 Å². The van der Waals surface area contributed by atoms with Crippen LogP contribution in [0.2, 0.25) is 0 Å². The summed E-state index contributed by atoms with van der Waals surface area (Å²) >= 11 is 2.49. The van der Waals surface area contributed by atoms with E-state index in [1.807, 2.05) is 106 Å². The number of carbonyl (C=O) groups excluding carboxylic acids is 4. The number of thioether (sulfide) groups is 2. The number of nitrogens with zero attached hydrogens (tertiary/aromatic N) is 10. The smallest absolute Gasteiger partial charge is 0.406 e. The molecular formula is C70H68F6N12O8S3. The van der Waals surface area contributed by atoms with Crippen molar-refractivity contribution in [1.82, 2.24) is 40.2 Å². The molecule has 0 saturated carbocycles. The molecular weight excluding hydrogens is 1350 g/mol. The van der Waals surface area contributed by atoms with Crippen molar-refractivity contribution in [2.24, 2.45) is 9.98 Å². The molecule has 0 unspecified atom stereocenters. The van der Waals surface area contributed by atoms with Crippen molar-refractivity contribution >= 4 is 78.9 Å². The largest absolute Gasteiger partial charge is 0.573 e. The normalized spacial score (nSPS) is 14.1. The molecule has 2 aliphatic rings. The molecule has 6 amide bonds. The second-order valence-corrected chi connectivity index (χ2v) is 27.2. The summed E-state index contributed by atoms with van der Waals surface area (Å²) in [6.45, 7) is 14.8. The van der Waals surface area contributed by atoms with Gasteiger partial charge in [-0.3, -0.25) is 19.4 Å². The lowest BCUT2D eigenvalue weighted by atomic mass is 9.99. The van der Waals surface area contributed by atoms with Crippen LogP contribution in [0.25, 0.3) is 34.2 Å². The maximum Gasteiger partial charge on any atom is 0.573 e. The molecule has 2 fully saturated rings. The second kappa shape index (κ2) is 32.0. The summed E-state index contributed by atoms with van der Waals surface area (Å²) < 4.78 is 107. The first kappa shape index (κ1) is 73.1. The molecule has 2 N–H and O–H groups in total. The molecule has 9 aromatic rings. The third-order valence-electron chi connectivity index (χ3n) is 14.9. The Kier molecular flexibility index (Phi) is 23.7. The van der Waals surface area contributed by atoms with E-state index in [2.05, 4.69) is 78.0 Å². The number of alkyl halides is 6. The molecule has 4 heterocycles. The van der Waals surface area contributed by atoms with Crippen molar-refractivity contribution in [3.8, 4) is 45.6 Å². The maximum atomic E-state index is 12.8. The van der Waals surface area contributed by atoms with Gasteiger partial charge in [-0.15, -0.1) is 36.5 Å². The molecule has 0 atom stereocenters. The Morgan fingerprint density at radius 3 is 1.24 bits per heavy atom. The number of aryl methyl sites for hydroxylation is 3. The number of amides is 6. The Bertz CT molecular complexity index is 4280. The van der Waals surface area contributed by atoms with E-state index in [9.17, 15) is 53.9 Å². The van der Waals surface area contributed by atoms with Gasteiger partial charge in [-0.1, -0.05) is 142 Å². The molecule has 7 aromatic carbocycles. The average molecular weight is 1420 g/mol. The zero-order valence-electron chi connectivity index (χ0n) is 54.8. The number of urea groups is 2. The predicted octanol–water partition coefficient (Wildman–Crippen LogP) is 14.7. The van der Waals surface area contributed by atoms with E-state index in [-0.39, 0.29) is 46.7 Å². The summed E-state index contributed by atoms with van der Waals surface area (Å²) in [7, 11) is -3.02. The third kappa shape index (κ3) is 20.5. The number of hydrogen-bond donors (Lipinski definition) is 2. The van der Waals surface area contributed by atoms with E-state index in [1.165, 1.54) is 110 Å². The zero-order chi connectivity index (χ0) is 71.3. The molecule has 0 aliphatic carbocycles. The van der Waals surface area contributed by atoms with E-state index in [0.717, 1.165) is 61.4 Å². The van der Waals surface area contributed by atoms with E-state index in [4.69, 9.17) is 0 Å². The minimum absolute atomic E-state index is 0.109. The maximum absolute atomic E-state index is 12.8. The quantitative estimate of drug-likeness (QED) is 0.0807. The molecule has 2 saturated heterocycles. The molecule has 0 bridgehead atoms. The summed E-state index contributed by atoms with van der Waals surface area (Å²) in [5, 5.41) is 15.2. The number of hydrogen-bond acceptors (Lipinski definition) is 14. The van der Waals surface area contributed by atoms with Crippen LogP contribution in [-0.2, 0) is 32.3 Å². The van der Waals surface area contributed by atoms with Crippen LogP contribution in [0.5, 0.6) is 11.5 Å². The number of rotatable bonds is 17. The standard InChI is InChI=1S/2C31H29F3N6O3S.C8H10O2S/c2*1-19(2)25-13-4-20(3)16-26(25)40-27(41)17-44-30(40)37-29(42)35-15-14-21-5-7-22(8-6-21)28-36-18-39(38-28)23-9-11-24(12-10-23)43-31(32,33)34;1-7-3-5-8(6-4-7)11(2,9)10/h2*4-13,16,18-19H,14-15,17H2,1-3H3,(H,35,42);3-6H,1-2H3. The van der Waals surface area contributed by atoms with E-state index in [1.54, 1.807) is 24.3 Å². The van der Waals surface area contributed by atoms with Crippen LogP contribution in [0, 0.1) is 20.8 Å². The van der Waals surface area contributed by atoms with Gasteiger partial charge in [0.2, 0.25) is 11.8 Å². The number of nitrogens with one attached hydrogen (secondary N) is 2. The summed E-state index contributed by atoms with van der Waals surface area (Å²) in [5.74, 6) is 0.858. The van der Waals surface area contributed by atoms with Gasteiger partial charge >= 0.3 is 24.8 Å². The number of benzene rings is 7. The number of sulfone groups is 1. The highest BCUT2D eigenvalue weighted by molar-refractivity contribution is 8.15. The van der Waals surface area contributed by atoms with Gasteiger partial charge in [0.25, 0.3) is 0 Å². The number of amidine groups is 2. The average Bonchev–Trinajstić information content (AvgIpc) is 1.79. The molecule has 11 rings (SSSR count). The Balaban J connectivity index is 0.000000200. The number of aliphatic imine (C=N–C) groups is 2. The molecule has 2 aliphatic heterocycles. The van der Waals surface area contributed by atoms with Crippen molar-refractivity contribution in [3.05, 3.63) is 209 Å². The summed E-state index contributed by atoms with van der Waals surface area (Å²) in [6, 6.07) is 43.3. The van der Waals surface area contributed by atoms with Crippen LogP contribution in [0.4, 0.5) is 47.3 Å². The highest BCUT2D eigenvalue weighted by atomic mass is 32.2. The predicted molar refractivity (Wildman–Crippen MR) is 371 cm³/mol. The first-order chi connectivity index (χ1) is 46.9. The minimum atomic E-state index is -4.76. The number of anilines is 2. The highest BCUT2D eigenvalue weighted by Crippen LogP contribution is 2.36. The highest BCUT2D eigenvalue weighted by Gasteiger charge is 2.35. The third-order valence-corrected chi connectivity index (χ3v) is 17.9. The van der Waals surface area contributed by atoms with Crippen molar-refractivity contribution in [2.45, 2.75) is 90.8 Å². The van der Waals surface area contributed by atoms with Crippen LogP contribution in [0.15, 0.2) is 185 Å². The fourth-order valence-corrected chi connectivity index (χ4v) is 12.3. The molecule has 516 valence electrons. The molecule has 2 aromatic heterocycles. The van der Waals surface area contributed by atoms with Crippen LogP contribution >= 0.6 is 23.5 Å². The van der Waals surface area contributed by atoms with Gasteiger partial charge < -0.3 is 20.1 Å². The molecule has 99 heavy (non-hydrogen) atoms. The van der Waals surface area contributed by atoms with Gasteiger partial charge in [-0.05, 0) is 152 Å². The minimum Gasteiger partial charge on any atom is -0.406 e. The first-order valence-electron chi connectivity index (χ1n) is 30.8. The zero-order valence-corrected chi connectivity index (χ0v) is 57.2. The molecule has 20 nitrogen and oxygen atoms in total. The van der Waals surface area contributed by atoms with Gasteiger partial charge in [0.1, 0.15) is 24.2 Å². The Morgan fingerprint density at radius 1 is 0.535 bits per heavy atom. The summed E-state index contributed by atoms with van der Waals surface area (Å²) in [6.07, 6.45) is -4.26. The molecule has 29 heteroatoms. The van der Waals surface area contributed by atoms with Crippen LogP contribution < -0.4 is 29.9 Å². The van der Waals surface area contributed by atoms with Crippen LogP contribution in [-0.4, -0.2) is 116 Å². The monoisotopic (exact) mass is 1410 g/mol. The Morgan fingerprint density at radius 2 is 0.899 bits per heavy atom. The first-order valence-corrected chi connectivity index (χ1v) is 34.7. The number of carbonyl (C=O) groups is 4. The van der Waals surface area contributed by atoms with Crippen LogP contribution in [0.1, 0.15) is 78.5 Å². The van der Waals surface area contributed by atoms with Crippen molar-refractivity contribution in [3.63, 3.8) is 0 Å². The SMILES string of the molecule is Cc1ccc(C(C)C)c(N2C(=O)CSC2=NC(=O)NCCc2ccc(-c3ncn(-c4ccc(OC(F)(F)F)cc4)n3)cc2)c1.Cc1ccc(C(C)C)c(N2C(=O)CSC2=NC(=O)NCCc2ccc(-c3ncn(-c4ccc(OC(F)(F)F)cc4)n3)cc2)c1.Cc1ccc(S(C)(=O)=O)cc1. The lowest BCUT2D eigenvalue weighted by molar-refractivity contribution is -0.275. The Hall–Kier alpha value is -10.1.